The van der Waals surface area contributed by atoms with Gasteiger partial charge >= 0.3 is 0 Å². The van der Waals surface area contributed by atoms with Gasteiger partial charge in [0.25, 0.3) is 0 Å². The second-order valence-corrected chi connectivity index (χ2v) is 5.73. The largest absolute Gasteiger partial charge is 0.261 e. The molecule has 0 aromatic carbocycles. The molecular formula is C20H35N. The summed E-state index contributed by atoms with van der Waals surface area (Å²) in [5, 5.41) is 0. The molecule has 1 heteroatoms. The highest BCUT2D eigenvalue weighted by atomic mass is 14.7. The summed E-state index contributed by atoms with van der Waals surface area (Å²) in [7, 11) is 0. The molecule has 120 valence electrons. The molecule has 0 amide bonds. The van der Waals surface area contributed by atoms with Gasteiger partial charge in [0.05, 0.1) is 0 Å². The van der Waals surface area contributed by atoms with Gasteiger partial charge in [-0.15, -0.1) is 0 Å². The van der Waals surface area contributed by atoms with E-state index in [9.17, 15) is 0 Å². The first-order chi connectivity index (χ1) is 10.3. The standard InChI is InChI=1S/C20H35N/c1-5-9-12-14-16-19(17-15-13-10-6-2)20(8-4)21-18-11-7-3/h7-8,11,18-19H,3-6,9-10,12-17H2,1-2H3/b18-11-,21-20?. The lowest BCUT2D eigenvalue weighted by Crippen LogP contribution is -2.12. The minimum atomic E-state index is 0.575. The second-order valence-electron chi connectivity index (χ2n) is 5.73. The average molecular weight is 290 g/mol. The van der Waals surface area contributed by atoms with Gasteiger partial charge in [-0.05, 0) is 25.0 Å². The Bertz CT molecular complexity index is 300. The molecule has 0 aromatic heterocycles. The van der Waals surface area contributed by atoms with Gasteiger partial charge < -0.3 is 0 Å². The number of rotatable bonds is 14. The van der Waals surface area contributed by atoms with Gasteiger partial charge in [0.1, 0.15) is 0 Å². The first kappa shape index (κ1) is 19.9. The van der Waals surface area contributed by atoms with Crippen LogP contribution in [0.3, 0.4) is 0 Å². The van der Waals surface area contributed by atoms with Crippen LogP contribution in [0.2, 0.25) is 0 Å². The number of allylic oxidation sites excluding steroid dienone is 3. The van der Waals surface area contributed by atoms with Crippen molar-refractivity contribution in [1.82, 2.24) is 0 Å². The van der Waals surface area contributed by atoms with E-state index in [-0.39, 0.29) is 0 Å². The van der Waals surface area contributed by atoms with Crippen molar-refractivity contribution < 1.29 is 0 Å². The zero-order chi connectivity index (χ0) is 15.8. The molecule has 0 radical (unpaired) electrons. The van der Waals surface area contributed by atoms with Crippen molar-refractivity contribution in [2.75, 3.05) is 0 Å². The van der Waals surface area contributed by atoms with E-state index in [1.165, 1.54) is 64.2 Å². The normalized spacial score (nSPS) is 12.2. The fraction of sp³-hybridized carbons (Fsp3) is 0.650. The molecule has 0 saturated carbocycles. The summed E-state index contributed by atoms with van der Waals surface area (Å²) in [4.78, 5) is 4.58. The average Bonchev–Trinajstić information content (AvgIpc) is 2.50. The molecule has 1 nitrogen and oxygen atoms in total. The first-order valence-corrected chi connectivity index (χ1v) is 8.77. The summed E-state index contributed by atoms with van der Waals surface area (Å²) >= 11 is 0. The number of unbranched alkanes of at least 4 members (excludes halogenated alkanes) is 6. The van der Waals surface area contributed by atoms with Crippen LogP contribution in [0.15, 0.2) is 42.6 Å². The van der Waals surface area contributed by atoms with Crippen LogP contribution in [-0.4, -0.2) is 5.71 Å². The number of aliphatic imine (C=N–C) groups is 1. The smallest absolute Gasteiger partial charge is 0.0428 e. The van der Waals surface area contributed by atoms with E-state index in [0.29, 0.717) is 5.92 Å². The van der Waals surface area contributed by atoms with Crippen molar-refractivity contribution in [2.24, 2.45) is 10.9 Å². The molecule has 21 heavy (non-hydrogen) atoms. The first-order valence-electron chi connectivity index (χ1n) is 8.77. The summed E-state index contributed by atoms with van der Waals surface area (Å²) in [5.74, 6) is 0.575. The predicted octanol–water partition coefficient (Wildman–Crippen LogP) is 6.87. The fourth-order valence-corrected chi connectivity index (χ4v) is 2.59. The lowest BCUT2D eigenvalue weighted by atomic mass is 9.90. The Labute approximate surface area is 132 Å². The summed E-state index contributed by atoms with van der Waals surface area (Å²) in [6.45, 7) is 12.2. The minimum absolute atomic E-state index is 0.575. The predicted molar refractivity (Wildman–Crippen MR) is 98.0 cm³/mol. The van der Waals surface area contributed by atoms with E-state index in [0.717, 1.165) is 5.71 Å². The molecule has 0 saturated heterocycles. The van der Waals surface area contributed by atoms with Gasteiger partial charge in [-0.25, -0.2) is 0 Å². The van der Waals surface area contributed by atoms with Crippen molar-refractivity contribution in [3.8, 4) is 0 Å². The van der Waals surface area contributed by atoms with Gasteiger partial charge in [0.2, 0.25) is 0 Å². The molecule has 0 spiro atoms. The Morgan fingerprint density at radius 1 is 0.905 bits per heavy atom. The van der Waals surface area contributed by atoms with Gasteiger partial charge in [0.15, 0.2) is 0 Å². The minimum Gasteiger partial charge on any atom is -0.261 e. The van der Waals surface area contributed by atoms with Crippen LogP contribution in [-0.2, 0) is 0 Å². The topological polar surface area (TPSA) is 12.4 Å². The zero-order valence-corrected chi connectivity index (χ0v) is 14.3. The Morgan fingerprint density at radius 3 is 1.90 bits per heavy atom. The molecule has 0 heterocycles. The maximum absolute atomic E-state index is 4.58. The molecular weight excluding hydrogens is 254 g/mol. The summed E-state index contributed by atoms with van der Waals surface area (Å²) in [6, 6.07) is 0. The highest BCUT2D eigenvalue weighted by Crippen LogP contribution is 2.21. The van der Waals surface area contributed by atoms with Crippen LogP contribution in [0.25, 0.3) is 0 Å². The fourth-order valence-electron chi connectivity index (χ4n) is 2.59. The van der Waals surface area contributed by atoms with Crippen molar-refractivity contribution in [1.29, 1.82) is 0 Å². The van der Waals surface area contributed by atoms with Gasteiger partial charge in [0, 0.05) is 17.8 Å². The number of nitrogens with zero attached hydrogens (tertiary/aromatic N) is 1. The van der Waals surface area contributed by atoms with Crippen LogP contribution < -0.4 is 0 Å². The Kier molecular flexibility index (Phi) is 14.5. The third-order valence-electron chi connectivity index (χ3n) is 3.89. The highest BCUT2D eigenvalue weighted by Gasteiger charge is 2.12. The molecule has 0 rings (SSSR count). The molecule has 0 aliphatic rings. The van der Waals surface area contributed by atoms with E-state index in [2.05, 4.69) is 32.0 Å². The second kappa shape index (κ2) is 15.3. The third kappa shape index (κ3) is 11.2. The zero-order valence-electron chi connectivity index (χ0n) is 14.3. The third-order valence-corrected chi connectivity index (χ3v) is 3.89. The van der Waals surface area contributed by atoms with Gasteiger partial charge in [-0.2, -0.15) is 0 Å². The summed E-state index contributed by atoms with van der Waals surface area (Å²) in [6.07, 6.45) is 20.5. The lowest BCUT2D eigenvalue weighted by Gasteiger charge is -2.17. The SMILES string of the molecule is C=C/C=C\N=C(C=C)C(CCCCCC)CCCCCC. The van der Waals surface area contributed by atoms with Crippen LogP contribution in [0.5, 0.6) is 0 Å². The van der Waals surface area contributed by atoms with E-state index in [1.807, 2.05) is 18.4 Å². The molecule has 0 fully saturated rings. The molecule has 0 bridgehead atoms. The van der Waals surface area contributed by atoms with E-state index in [4.69, 9.17) is 0 Å². The number of hydrogen-bond acceptors (Lipinski definition) is 1. The molecule has 0 atom stereocenters. The van der Waals surface area contributed by atoms with Crippen molar-refractivity contribution in [2.45, 2.75) is 78.1 Å². The maximum Gasteiger partial charge on any atom is 0.0428 e. The summed E-state index contributed by atoms with van der Waals surface area (Å²) in [5.41, 5.74) is 1.15. The molecule has 0 aliphatic heterocycles. The van der Waals surface area contributed by atoms with Crippen LogP contribution >= 0.6 is 0 Å². The van der Waals surface area contributed by atoms with Crippen molar-refractivity contribution >= 4 is 5.71 Å². The summed E-state index contributed by atoms with van der Waals surface area (Å²) < 4.78 is 0. The van der Waals surface area contributed by atoms with Crippen LogP contribution in [0.4, 0.5) is 0 Å². The Morgan fingerprint density at radius 2 is 1.48 bits per heavy atom. The number of hydrogen-bond donors (Lipinski definition) is 0. The van der Waals surface area contributed by atoms with Gasteiger partial charge in [-0.3, -0.25) is 4.99 Å². The highest BCUT2D eigenvalue weighted by molar-refractivity contribution is 5.96. The van der Waals surface area contributed by atoms with Crippen LogP contribution in [0, 0.1) is 5.92 Å². The molecule has 0 aromatic rings. The maximum atomic E-state index is 4.58. The molecule has 0 unspecified atom stereocenters. The van der Waals surface area contributed by atoms with E-state index in [1.54, 1.807) is 6.08 Å². The van der Waals surface area contributed by atoms with Gasteiger partial charge in [-0.1, -0.05) is 84.4 Å². The van der Waals surface area contributed by atoms with Crippen LogP contribution in [0.1, 0.15) is 78.1 Å². The van der Waals surface area contributed by atoms with Crippen molar-refractivity contribution in [3.63, 3.8) is 0 Å². The molecule has 0 aliphatic carbocycles. The quantitative estimate of drug-likeness (QED) is 0.188. The lowest BCUT2D eigenvalue weighted by molar-refractivity contribution is 0.494. The Balaban J connectivity index is 4.49. The Hall–Kier alpha value is -1.11. The van der Waals surface area contributed by atoms with E-state index >= 15 is 0 Å². The van der Waals surface area contributed by atoms with E-state index < -0.39 is 0 Å². The molecule has 0 N–H and O–H groups in total. The van der Waals surface area contributed by atoms with Crippen molar-refractivity contribution in [3.05, 3.63) is 37.6 Å². The monoisotopic (exact) mass is 289 g/mol.